The maximum absolute atomic E-state index is 13.0. The fourth-order valence-electron chi connectivity index (χ4n) is 4.31. The lowest BCUT2D eigenvalue weighted by Gasteiger charge is -2.27. The Morgan fingerprint density at radius 1 is 0.791 bits per heavy atom. The summed E-state index contributed by atoms with van der Waals surface area (Å²) in [7, 11) is 3.46. The van der Waals surface area contributed by atoms with Crippen LogP contribution in [0.15, 0.2) is 91.0 Å². The van der Waals surface area contributed by atoms with Gasteiger partial charge < -0.3 is 25.8 Å². The van der Waals surface area contributed by atoms with E-state index in [1.807, 2.05) is 18.2 Å². The highest BCUT2D eigenvalue weighted by Gasteiger charge is 2.45. The molecule has 0 saturated carbocycles. The highest BCUT2D eigenvalue weighted by atomic mass is 33.1. The van der Waals surface area contributed by atoms with Crippen molar-refractivity contribution in [3.05, 3.63) is 91.0 Å². The smallest absolute Gasteiger partial charge is 0.325 e. The first-order valence-electron chi connectivity index (χ1n) is 13.6. The molecule has 0 unspecified atom stereocenters. The van der Waals surface area contributed by atoms with Gasteiger partial charge in [0.05, 0.1) is 14.2 Å². The van der Waals surface area contributed by atoms with Gasteiger partial charge >= 0.3 is 11.9 Å². The van der Waals surface area contributed by atoms with E-state index in [0.29, 0.717) is 0 Å². The summed E-state index contributed by atoms with van der Waals surface area (Å²) in [5.74, 6) is -1.94. The van der Waals surface area contributed by atoms with E-state index in [1.165, 1.54) is 40.9 Å². The predicted molar refractivity (Wildman–Crippen MR) is 176 cm³/mol. The van der Waals surface area contributed by atoms with Gasteiger partial charge in [0.2, 0.25) is 11.8 Å². The van der Waals surface area contributed by atoms with E-state index < -0.39 is 43.1 Å². The largest absolute Gasteiger partial charge is 0.468 e. The molecule has 9 nitrogen and oxygen atoms in total. The molecule has 3 aromatic rings. The number of carbonyl (C=O) groups excluding carboxylic acids is 4. The maximum Gasteiger partial charge on any atom is 0.325 e. The maximum atomic E-state index is 13.0. The average molecular weight is 643 g/mol. The second-order valence-electron chi connectivity index (χ2n) is 9.43. The van der Waals surface area contributed by atoms with Crippen molar-refractivity contribution in [1.29, 1.82) is 0 Å². The highest BCUT2D eigenvalue weighted by molar-refractivity contribution is 8.77. The van der Waals surface area contributed by atoms with Gasteiger partial charge in [-0.1, -0.05) is 76.2 Å². The van der Waals surface area contributed by atoms with Crippen molar-refractivity contribution in [2.45, 2.75) is 24.9 Å². The number of carbonyl (C=O) groups is 4. The van der Waals surface area contributed by atoms with E-state index in [9.17, 15) is 19.2 Å². The van der Waals surface area contributed by atoms with E-state index in [1.54, 1.807) is 10.8 Å². The fourth-order valence-corrected chi connectivity index (χ4v) is 13.2. The Bertz CT molecular complexity index is 1240. The molecule has 0 saturated heterocycles. The molecule has 4 N–H and O–H groups in total. The van der Waals surface area contributed by atoms with Crippen LogP contribution in [0.3, 0.4) is 0 Å². The molecule has 12 heteroatoms. The number of methoxy groups -OCH3 is 2. The van der Waals surface area contributed by atoms with Crippen molar-refractivity contribution in [3.63, 3.8) is 0 Å². The van der Waals surface area contributed by atoms with Crippen LogP contribution in [0, 0.1) is 0 Å². The van der Waals surface area contributed by atoms with Gasteiger partial charge in [-0.3, -0.25) is 19.2 Å². The van der Waals surface area contributed by atoms with Crippen molar-refractivity contribution in [1.82, 2.24) is 10.6 Å². The Morgan fingerprint density at radius 2 is 1.30 bits per heavy atom. The number of hydrogen-bond acceptors (Lipinski definition) is 9. The molecule has 0 spiro atoms. The molecule has 43 heavy (non-hydrogen) atoms. The van der Waals surface area contributed by atoms with Crippen LogP contribution in [0.2, 0.25) is 0 Å². The first kappa shape index (κ1) is 34.1. The molecule has 0 bridgehead atoms. The first-order valence-corrected chi connectivity index (χ1v) is 18.0. The second kappa shape index (κ2) is 17.7. The number of hydrogen-bond donors (Lipinski definition) is 3. The molecule has 0 fully saturated rings. The van der Waals surface area contributed by atoms with Crippen LogP contribution in [0.25, 0.3) is 0 Å². The Hall–Kier alpha value is -3.37. The van der Waals surface area contributed by atoms with Gasteiger partial charge in [-0.15, -0.1) is 0 Å². The van der Waals surface area contributed by atoms with E-state index in [0.717, 1.165) is 5.49 Å². The number of rotatable bonds is 16. The zero-order valence-corrected chi connectivity index (χ0v) is 26.7. The minimum atomic E-state index is -2.09. The number of ether oxygens (including phenoxy) is 2. The third-order valence-electron chi connectivity index (χ3n) is 6.63. The van der Waals surface area contributed by atoms with Crippen LogP contribution in [-0.2, 0) is 28.7 Å². The monoisotopic (exact) mass is 642 g/mol. The van der Waals surface area contributed by atoms with E-state index in [2.05, 4.69) is 92.9 Å². The summed E-state index contributed by atoms with van der Waals surface area (Å²) in [6, 6.07) is 29.5. The highest BCUT2D eigenvalue weighted by Crippen LogP contribution is 2.59. The summed E-state index contributed by atoms with van der Waals surface area (Å²) in [6.45, 7) is -0.322. The van der Waals surface area contributed by atoms with Gasteiger partial charge in [-0.2, -0.15) is 0 Å². The van der Waals surface area contributed by atoms with Crippen LogP contribution in [-0.4, -0.2) is 67.8 Å². The summed E-state index contributed by atoms with van der Waals surface area (Å²) in [5, 5.41) is 8.97. The molecule has 0 aliphatic rings. The molecule has 3 aromatic carbocycles. The van der Waals surface area contributed by atoms with Gasteiger partial charge in [0.1, 0.15) is 47.3 Å². The standard InChI is InChI=1S/C31H36N3O6PS2/c1-39-29(36)20-33-30(37)27(34-28(35)19-18-26(32)31(38)40-2)21-42-43-22-41(23-12-6-3-7-13-23,24-14-8-4-9-15-24)25-16-10-5-11-17-25/h3-17,26-27H,18-22,32H2,1-2H3,(H-,33,34,35,37)/p+1/t26-,27-/m0/s1. The summed E-state index contributed by atoms with van der Waals surface area (Å²) in [6.07, 6.45) is -0.00531. The zero-order valence-electron chi connectivity index (χ0n) is 24.1. The van der Waals surface area contributed by atoms with Gasteiger partial charge in [-0.25, -0.2) is 0 Å². The van der Waals surface area contributed by atoms with Crippen LogP contribution in [0.5, 0.6) is 0 Å². The Morgan fingerprint density at radius 3 is 1.77 bits per heavy atom. The molecule has 2 atom stereocenters. The summed E-state index contributed by atoms with van der Waals surface area (Å²) in [5.41, 5.74) is 6.50. The summed E-state index contributed by atoms with van der Waals surface area (Å²) < 4.78 is 9.23. The molecule has 0 heterocycles. The lowest BCUT2D eigenvalue weighted by molar-refractivity contribution is -0.142. The molecule has 0 aromatic heterocycles. The molecule has 0 aliphatic heterocycles. The van der Waals surface area contributed by atoms with Crippen molar-refractivity contribution >= 4 is 68.5 Å². The van der Waals surface area contributed by atoms with Gasteiger partial charge in [0.15, 0.2) is 0 Å². The second-order valence-corrected chi connectivity index (χ2v) is 15.9. The Labute approximate surface area is 260 Å². The van der Waals surface area contributed by atoms with Crippen LogP contribution < -0.4 is 32.3 Å². The third kappa shape index (κ3) is 9.83. The topological polar surface area (TPSA) is 137 Å². The summed E-state index contributed by atoms with van der Waals surface area (Å²) in [4.78, 5) is 48.9. The lowest BCUT2D eigenvalue weighted by atomic mass is 10.1. The zero-order chi connectivity index (χ0) is 31.1. The first-order chi connectivity index (χ1) is 20.8. The van der Waals surface area contributed by atoms with Crippen molar-refractivity contribution < 1.29 is 28.7 Å². The van der Waals surface area contributed by atoms with Crippen molar-refractivity contribution in [2.24, 2.45) is 5.73 Å². The van der Waals surface area contributed by atoms with Crippen LogP contribution >= 0.6 is 28.9 Å². The Balaban J connectivity index is 1.79. The quantitative estimate of drug-likeness (QED) is 0.0931. The Kier molecular flexibility index (Phi) is 14.0. The van der Waals surface area contributed by atoms with Gasteiger partial charge in [0.25, 0.3) is 0 Å². The number of benzene rings is 3. The third-order valence-corrected chi connectivity index (χ3v) is 14.6. The molecular weight excluding hydrogens is 605 g/mol. The molecule has 2 amide bonds. The van der Waals surface area contributed by atoms with Gasteiger partial charge in [-0.05, 0) is 42.8 Å². The number of amides is 2. The molecule has 228 valence electrons. The number of nitrogens with one attached hydrogen (secondary N) is 2. The van der Waals surface area contributed by atoms with Crippen molar-refractivity contribution in [3.8, 4) is 0 Å². The van der Waals surface area contributed by atoms with Crippen LogP contribution in [0.1, 0.15) is 12.8 Å². The van der Waals surface area contributed by atoms with E-state index in [4.69, 9.17) is 5.73 Å². The van der Waals surface area contributed by atoms with E-state index in [-0.39, 0.29) is 25.1 Å². The lowest BCUT2D eigenvalue weighted by Crippen LogP contribution is -2.49. The van der Waals surface area contributed by atoms with Crippen molar-refractivity contribution in [2.75, 3.05) is 32.0 Å². The molecule has 3 rings (SSSR count). The SMILES string of the molecule is COC(=O)CNC(=O)[C@H](CSSC[P+](c1ccccc1)(c1ccccc1)c1ccccc1)NC(=O)CC[C@H](N)C(=O)OC. The minimum Gasteiger partial charge on any atom is -0.468 e. The molecule has 0 aliphatic carbocycles. The molecule has 0 radical (unpaired) electrons. The minimum absolute atomic E-state index is 0.0646. The number of nitrogens with two attached hydrogens (primary N) is 1. The average Bonchev–Trinajstić information content (AvgIpc) is 3.06. The van der Waals surface area contributed by atoms with E-state index >= 15 is 0 Å². The molecular formula is C31H37N3O6PS2+. The predicted octanol–water partition coefficient (Wildman–Crippen LogP) is 2.37. The van der Waals surface area contributed by atoms with Gasteiger partial charge in [0, 0.05) is 12.2 Å². The summed E-state index contributed by atoms with van der Waals surface area (Å²) >= 11 is 0. The van der Waals surface area contributed by atoms with Crippen LogP contribution in [0.4, 0.5) is 0 Å². The number of esters is 2. The fraction of sp³-hybridized carbons (Fsp3) is 0.290. The normalized spacial score (nSPS) is 12.4.